The van der Waals surface area contributed by atoms with Crippen molar-refractivity contribution in [2.24, 2.45) is 5.73 Å². The Balaban J connectivity index is 1.56. The number of hydrogen-bond donors (Lipinski definition) is 2. The molecular formula is C20H26N4O4S. The number of amides is 2. The van der Waals surface area contributed by atoms with E-state index in [4.69, 9.17) is 5.73 Å². The van der Waals surface area contributed by atoms with E-state index in [0.717, 1.165) is 24.1 Å². The van der Waals surface area contributed by atoms with Crippen molar-refractivity contribution in [1.29, 1.82) is 0 Å². The minimum Gasteiger partial charge on any atom is -0.364 e. The molecule has 1 aromatic heterocycles. The van der Waals surface area contributed by atoms with Crippen LogP contribution in [0.4, 0.5) is 0 Å². The molecule has 1 aliphatic rings. The number of likely N-dealkylation sites (tertiary alicyclic amines) is 1. The SMILES string of the molecule is CC(C)S(=O)(=O)c1ccc(CC(=O)N2CCC(c3cc(C(N)=O)n[nH]3)CC2)cc1. The van der Waals surface area contributed by atoms with Crippen molar-refractivity contribution in [3.63, 3.8) is 0 Å². The molecule has 156 valence electrons. The predicted molar refractivity (Wildman–Crippen MR) is 108 cm³/mol. The van der Waals surface area contributed by atoms with Gasteiger partial charge in [-0.25, -0.2) is 8.42 Å². The van der Waals surface area contributed by atoms with E-state index in [1.165, 1.54) is 0 Å². The molecule has 29 heavy (non-hydrogen) atoms. The first-order valence-corrected chi connectivity index (χ1v) is 11.2. The molecule has 0 radical (unpaired) electrons. The number of hydrogen-bond acceptors (Lipinski definition) is 5. The molecule has 0 unspecified atom stereocenters. The van der Waals surface area contributed by atoms with Gasteiger partial charge in [-0.1, -0.05) is 12.1 Å². The average molecular weight is 419 g/mol. The van der Waals surface area contributed by atoms with E-state index in [0.29, 0.717) is 13.1 Å². The maximum Gasteiger partial charge on any atom is 0.269 e. The molecular weight excluding hydrogens is 392 g/mol. The van der Waals surface area contributed by atoms with Crippen LogP contribution >= 0.6 is 0 Å². The van der Waals surface area contributed by atoms with E-state index in [2.05, 4.69) is 10.2 Å². The van der Waals surface area contributed by atoms with Gasteiger partial charge in [-0.05, 0) is 50.5 Å². The molecule has 8 nitrogen and oxygen atoms in total. The molecule has 0 spiro atoms. The molecule has 1 fully saturated rings. The first kappa shape index (κ1) is 21.0. The second-order valence-electron chi connectivity index (χ2n) is 7.64. The van der Waals surface area contributed by atoms with E-state index < -0.39 is 21.0 Å². The summed E-state index contributed by atoms with van der Waals surface area (Å²) in [5.74, 6) is -0.335. The molecule has 0 saturated carbocycles. The summed E-state index contributed by atoms with van der Waals surface area (Å²) in [5, 5.41) is 6.29. The zero-order valence-electron chi connectivity index (χ0n) is 16.6. The van der Waals surface area contributed by atoms with Crippen molar-refractivity contribution < 1.29 is 18.0 Å². The Morgan fingerprint density at radius 3 is 2.34 bits per heavy atom. The molecule has 1 saturated heterocycles. The van der Waals surface area contributed by atoms with Gasteiger partial charge < -0.3 is 10.6 Å². The number of aromatic amines is 1. The van der Waals surface area contributed by atoms with Crippen LogP contribution in [0, 0.1) is 0 Å². The molecule has 9 heteroatoms. The largest absolute Gasteiger partial charge is 0.364 e. The maximum absolute atomic E-state index is 12.6. The molecule has 2 heterocycles. The van der Waals surface area contributed by atoms with Crippen LogP contribution in [0.3, 0.4) is 0 Å². The highest BCUT2D eigenvalue weighted by atomic mass is 32.2. The second kappa shape index (κ2) is 8.36. The van der Waals surface area contributed by atoms with Gasteiger partial charge in [0.25, 0.3) is 5.91 Å². The number of carbonyl (C=O) groups is 2. The lowest BCUT2D eigenvalue weighted by molar-refractivity contribution is -0.131. The standard InChI is InChI=1S/C20H26N4O4S/c1-13(2)29(27,28)16-5-3-14(4-6-16)11-19(25)24-9-7-15(8-10-24)17-12-18(20(21)26)23-22-17/h3-6,12-13,15H,7-11H2,1-2H3,(H2,21,26)(H,22,23). The van der Waals surface area contributed by atoms with Crippen LogP contribution in [0.5, 0.6) is 0 Å². The molecule has 2 aromatic rings. The third-order valence-electron chi connectivity index (χ3n) is 5.37. The summed E-state index contributed by atoms with van der Waals surface area (Å²) in [5.41, 5.74) is 7.11. The third kappa shape index (κ3) is 4.67. The zero-order chi connectivity index (χ0) is 21.2. The van der Waals surface area contributed by atoms with Crippen molar-refractivity contribution >= 4 is 21.7 Å². The summed E-state index contributed by atoms with van der Waals surface area (Å²) in [6.45, 7) is 4.53. The molecule has 3 N–H and O–H groups in total. The lowest BCUT2D eigenvalue weighted by Gasteiger charge is -2.31. The Bertz CT molecular complexity index is 988. The number of benzene rings is 1. The van der Waals surface area contributed by atoms with Gasteiger partial charge in [-0.15, -0.1) is 0 Å². The minimum absolute atomic E-state index is 0.0188. The number of sulfone groups is 1. The van der Waals surface area contributed by atoms with Gasteiger partial charge in [0, 0.05) is 24.7 Å². The first-order valence-electron chi connectivity index (χ1n) is 9.64. The lowest BCUT2D eigenvalue weighted by Crippen LogP contribution is -2.38. The van der Waals surface area contributed by atoms with Crippen LogP contribution in [0.1, 0.15) is 54.4 Å². The smallest absolute Gasteiger partial charge is 0.269 e. The summed E-state index contributed by atoms with van der Waals surface area (Å²) < 4.78 is 24.4. The lowest BCUT2D eigenvalue weighted by atomic mass is 9.93. The van der Waals surface area contributed by atoms with Crippen molar-refractivity contribution in [1.82, 2.24) is 15.1 Å². The Morgan fingerprint density at radius 2 is 1.83 bits per heavy atom. The number of H-pyrrole nitrogens is 1. The Morgan fingerprint density at radius 1 is 1.21 bits per heavy atom. The van der Waals surface area contributed by atoms with Crippen molar-refractivity contribution in [3.05, 3.63) is 47.3 Å². The summed E-state index contributed by atoms with van der Waals surface area (Å²) in [6.07, 6.45) is 1.79. The topological polar surface area (TPSA) is 126 Å². The molecule has 0 atom stereocenters. The molecule has 1 aromatic carbocycles. The molecule has 0 aliphatic carbocycles. The fourth-order valence-electron chi connectivity index (χ4n) is 3.47. The molecule has 2 amide bonds. The van der Waals surface area contributed by atoms with Crippen molar-refractivity contribution in [2.45, 2.75) is 49.2 Å². The van der Waals surface area contributed by atoms with Crippen LogP contribution in [-0.2, 0) is 21.1 Å². The fraction of sp³-hybridized carbons (Fsp3) is 0.450. The average Bonchev–Trinajstić information content (AvgIpc) is 3.19. The Labute approximate surface area is 170 Å². The molecule has 1 aliphatic heterocycles. The van der Waals surface area contributed by atoms with Crippen LogP contribution in [0.25, 0.3) is 0 Å². The van der Waals surface area contributed by atoms with E-state index in [9.17, 15) is 18.0 Å². The zero-order valence-corrected chi connectivity index (χ0v) is 17.4. The van der Waals surface area contributed by atoms with E-state index in [1.54, 1.807) is 44.2 Å². The quantitative estimate of drug-likeness (QED) is 0.737. The van der Waals surface area contributed by atoms with E-state index in [1.807, 2.05) is 4.90 Å². The molecule has 0 bridgehead atoms. The Kier molecular flexibility index (Phi) is 6.07. The van der Waals surface area contributed by atoms with Gasteiger partial charge in [0.1, 0.15) is 5.69 Å². The minimum atomic E-state index is -3.31. The number of carbonyl (C=O) groups excluding carboxylic acids is 2. The molecule has 3 rings (SSSR count). The summed E-state index contributed by atoms with van der Waals surface area (Å²) in [6, 6.07) is 8.22. The second-order valence-corrected chi connectivity index (χ2v) is 10.1. The first-order chi connectivity index (χ1) is 13.7. The highest BCUT2D eigenvalue weighted by Crippen LogP contribution is 2.27. The number of aromatic nitrogens is 2. The number of primary amides is 1. The van der Waals surface area contributed by atoms with Crippen molar-refractivity contribution in [2.75, 3.05) is 13.1 Å². The van der Waals surface area contributed by atoms with Crippen LogP contribution in [0.15, 0.2) is 35.2 Å². The van der Waals surface area contributed by atoms with Gasteiger partial charge >= 0.3 is 0 Å². The van der Waals surface area contributed by atoms with Gasteiger partial charge in [-0.3, -0.25) is 14.7 Å². The number of nitrogens with two attached hydrogens (primary N) is 1. The van der Waals surface area contributed by atoms with Gasteiger partial charge in [-0.2, -0.15) is 5.10 Å². The maximum atomic E-state index is 12.6. The van der Waals surface area contributed by atoms with Crippen LogP contribution < -0.4 is 5.73 Å². The number of nitrogens with zero attached hydrogens (tertiary/aromatic N) is 2. The summed E-state index contributed by atoms with van der Waals surface area (Å²) in [7, 11) is -3.31. The van der Waals surface area contributed by atoms with E-state index >= 15 is 0 Å². The van der Waals surface area contributed by atoms with Crippen LogP contribution in [0.2, 0.25) is 0 Å². The van der Waals surface area contributed by atoms with Gasteiger partial charge in [0.05, 0.1) is 16.6 Å². The van der Waals surface area contributed by atoms with Crippen molar-refractivity contribution in [3.8, 4) is 0 Å². The number of nitrogens with one attached hydrogen (secondary N) is 1. The highest BCUT2D eigenvalue weighted by molar-refractivity contribution is 7.92. The fourth-order valence-corrected chi connectivity index (χ4v) is 4.53. The highest BCUT2D eigenvalue weighted by Gasteiger charge is 2.26. The van der Waals surface area contributed by atoms with Gasteiger partial charge in [0.15, 0.2) is 9.84 Å². The monoisotopic (exact) mass is 418 g/mol. The Hall–Kier alpha value is -2.68. The number of rotatable bonds is 6. The summed E-state index contributed by atoms with van der Waals surface area (Å²) >= 11 is 0. The van der Waals surface area contributed by atoms with Crippen LogP contribution in [-0.4, -0.2) is 53.7 Å². The third-order valence-corrected chi connectivity index (χ3v) is 7.54. The van der Waals surface area contributed by atoms with E-state index in [-0.39, 0.29) is 28.8 Å². The normalized spacial score (nSPS) is 15.6. The van der Waals surface area contributed by atoms with Gasteiger partial charge in [0.2, 0.25) is 5.91 Å². The summed E-state index contributed by atoms with van der Waals surface area (Å²) in [4.78, 5) is 25.9. The number of piperidine rings is 1. The predicted octanol–water partition coefficient (Wildman–Crippen LogP) is 1.64.